The number of hydrogen-bond acceptors (Lipinski definition) is 2. The summed E-state index contributed by atoms with van der Waals surface area (Å²) in [7, 11) is 0. The lowest BCUT2D eigenvalue weighted by Crippen LogP contribution is -2.08. The molecule has 0 saturated heterocycles. The molecule has 2 nitrogen and oxygen atoms in total. The SMILES string of the molecule is ONC1=CCCCC1. The predicted molar refractivity (Wildman–Crippen MR) is 31.5 cm³/mol. The highest BCUT2D eigenvalue weighted by molar-refractivity contribution is 4.99. The number of rotatable bonds is 1. The van der Waals surface area contributed by atoms with Crippen LogP contribution in [0.1, 0.15) is 25.7 Å². The highest BCUT2D eigenvalue weighted by Crippen LogP contribution is 2.13. The summed E-state index contributed by atoms with van der Waals surface area (Å²) in [5.41, 5.74) is 3.15. The summed E-state index contributed by atoms with van der Waals surface area (Å²) >= 11 is 0. The highest BCUT2D eigenvalue weighted by atomic mass is 16.5. The third kappa shape index (κ3) is 1.23. The van der Waals surface area contributed by atoms with Gasteiger partial charge in [0.15, 0.2) is 0 Å². The van der Waals surface area contributed by atoms with Crippen LogP contribution >= 0.6 is 0 Å². The second kappa shape index (κ2) is 2.72. The maximum absolute atomic E-state index is 8.37. The van der Waals surface area contributed by atoms with Crippen molar-refractivity contribution in [1.82, 2.24) is 5.48 Å². The minimum absolute atomic E-state index is 0.983. The molecule has 0 aromatic carbocycles. The van der Waals surface area contributed by atoms with Crippen molar-refractivity contribution >= 4 is 0 Å². The molecule has 2 N–H and O–H groups in total. The van der Waals surface area contributed by atoms with E-state index in [1.807, 2.05) is 6.08 Å². The lowest BCUT2D eigenvalue weighted by atomic mass is 10.1. The quantitative estimate of drug-likeness (QED) is 0.504. The first-order valence-corrected chi connectivity index (χ1v) is 3.02. The summed E-state index contributed by atoms with van der Waals surface area (Å²) in [6.45, 7) is 0. The largest absolute Gasteiger partial charge is 0.291 e. The number of allylic oxidation sites excluding steroid dienone is 2. The molecule has 0 aromatic rings. The van der Waals surface area contributed by atoms with Crippen LogP contribution in [-0.4, -0.2) is 5.21 Å². The van der Waals surface area contributed by atoms with Crippen molar-refractivity contribution in [2.24, 2.45) is 0 Å². The molecule has 2 heteroatoms. The number of hydroxylamine groups is 1. The Morgan fingerprint density at radius 3 is 2.75 bits per heavy atom. The van der Waals surface area contributed by atoms with Crippen molar-refractivity contribution in [3.05, 3.63) is 11.8 Å². The zero-order valence-electron chi connectivity index (χ0n) is 4.85. The average Bonchev–Trinajstić information content (AvgIpc) is 1.90. The van der Waals surface area contributed by atoms with Gasteiger partial charge in [0.2, 0.25) is 0 Å². The van der Waals surface area contributed by atoms with Crippen LogP contribution in [0.5, 0.6) is 0 Å². The first kappa shape index (κ1) is 5.63. The van der Waals surface area contributed by atoms with Crippen LogP contribution in [-0.2, 0) is 0 Å². The predicted octanol–water partition coefficient (Wildman–Crippen LogP) is 1.42. The standard InChI is InChI=1S/C6H11NO/c8-7-6-4-2-1-3-5-6/h4,7-8H,1-3,5H2. The van der Waals surface area contributed by atoms with E-state index in [4.69, 9.17) is 5.21 Å². The average molecular weight is 113 g/mol. The summed E-state index contributed by atoms with van der Waals surface area (Å²) < 4.78 is 0. The fourth-order valence-electron chi connectivity index (χ4n) is 0.940. The van der Waals surface area contributed by atoms with Gasteiger partial charge in [-0.05, 0) is 25.7 Å². The van der Waals surface area contributed by atoms with Gasteiger partial charge in [0.1, 0.15) is 0 Å². The van der Waals surface area contributed by atoms with E-state index >= 15 is 0 Å². The Morgan fingerprint density at radius 1 is 1.50 bits per heavy atom. The van der Waals surface area contributed by atoms with Crippen molar-refractivity contribution in [3.63, 3.8) is 0 Å². The summed E-state index contributed by atoms with van der Waals surface area (Å²) in [6, 6.07) is 0. The Hall–Kier alpha value is -0.500. The van der Waals surface area contributed by atoms with Crippen LogP contribution in [0.15, 0.2) is 11.8 Å². The second-order valence-electron chi connectivity index (χ2n) is 2.09. The van der Waals surface area contributed by atoms with Gasteiger partial charge in [-0.25, -0.2) is 0 Å². The smallest absolute Gasteiger partial charge is 0.0336 e. The van der Waals surface area contributed by atoms with Gasteiger partial charge in [0.25, 0.3) is 0 Å². The van der Waals surface area contributed by atoms with E-state index < -0.39 is 0 Å². The van der Waals surface area contributed by atoms with Gasteiger partial charge in [0.05, 0.1) is 0 Å². The molecule has 0 amide bonds. The van der Waals surface area contributed by atoms with Gasteiger partial charge in [-0.1, -0.05) is 6.08 Å². The Morgan fingerprint density at radius 2 is 2.38 bits per heavy atom. The Kier molecular flexibility index (Phi) is 1.92. The molecular formula is C6H11NO. The third-order valence-electron chi connectivity index (χ3n) is 1.43. The summed E-state index contributed by atoms with van der Waals surface area (Å²) in [5, 5.41) is 8.37. The molecular weight excluding hydrogens is 102 g/mol. The Bertz CT molecular complexity index is 98.7. The van der Waals surface area contributed by atoms with Gasteiger partial charge in [-0.15, -0.1) is 0 Å². The summed E-state index contributed by atoms with van der Waals surface area (Å²) in [5.74, 6) is 0. The third-order valence-corrected chi connectivity index (χ3v) is 1.43. The molecule has 1 aliphatic rings. The van der Waals surface area contributed by atoms with E-state index in [9.17, 15) is 0 Å². The monoisotopic (exact) mass is 113 g/mol. The van der Waals surface area contributed by atoms with Crippen molar-refractivity contribution < 1.29 is 5.21 Å². The van der Waals surface area contributed by atoms with E-state index in [2.05, 4.69) is 5.48 Å². The highest BCUT2D eigenvalue weighted by Gasteiger charge is 1.99. The molecule has 0 unspecified atom stereocenters. The normalized spacial score (nSPS) is 19.9. The van der Waals surface area contributed by atoms with Gasteiger partial charge < -0.3 is 0 Å². The molecule has 0 radical (unpaired) electrons. The molecule has 1 rings (SSSR count). The first-order chi connectivity index (χ1) is 3.93. The van der Waals surface area contributed by atoms with E-state index in [-0.39, 0.29) is 0 Å². The zero-order chi connectivity index (χ0) is 5.82. The lowest BCUT2D eigenvalue weighted by Gasteiger charge is -2.09. The zero-order valence-corrected chi connectivity index (χ0v) is 4.85. The topological polar surface area (TPSA) is 32.3 Å². The number of hydrogen-bond donors (Lipinski definition) is 2. The molecule has 0 aromatic heterocycles. The van der Waals surface area contributed by atoms with Crippen LogP contribution in [0.3, 0.4) is 0 Å². The Labute approximate surface area is 49.2 Å². The summed E-state index contributed by atoms with van der Waals surface area (Å²) in [6.07, 6.45) is 6.65. The maximum Gasteiger partial charge on any atom is 0.0336 e. The molecule has 8 heavy (non-hydrogen) atoms. The number of nitrogens with one attached hydrogen (secondary N) is 1. The minimum Gasteiger partial charge on any atom is -0.291 e. The van der Waals surface area contributed by atoms with E-state index in [0.29, 0.717) is 0 Å². The summed E-state index contributed by atoms with van der Waals surface area (Å²) in [4.78, 5) is 0. The van der Waals surface area contributed by atoms with Crippen molar-refractivity contribution in [2.45, 2.75) is 25.7 Å². The minimum atomic E-state index is 0.983. The van der Waals surface area contributed by atoms with Gasteiger partial charge in [-0.3, -0.25) is 10.7 Å². The lowest BCUT2D eigenvalue weighted by molar-refractivity contribution is 0.193. The van der Waals surface area contributed by atoms with Gasteiger partial charge in [0, 0.05) is 5.70 Å². The molecule has 1 aliphatic carbocycles. The van der Waals surface area contributed by atoms with E-state index in [0.717, 1.165) is 18.5 Å². The molecule has 0 bridgehead atoms. The van der Waals surface area contributed by atoms with Crippen molar-refractivity contribution in [3.8, 4) is 0 Å². The molecule has 0 spiro atoms. The molecule has 0 aliphatic heterocycles. The van der Waals surface area contributed by atoms with Crippen molar-refractivity contribution in [1.29, 1.82) is 0 Å². The molecule has 0 fully saturated rings. The van der Waals surface area contributed by atoms with Crippen LogP contribution in [0.25, 0.3) is 0 Å². The van der Waals surface area contributed by atoms with E-state index in [1.165, 1.54) is 12.8 Å². The van der Waals surface area contributed by atoms with Gasteiger partial charge >= 0.3 is 0 Å². The molecule has 0 saturated carbocycles. The fraction of sp³-hybridized carbons (Fsp3) is 0.667. The van der Waals surface area contributed by atoms with Crippen LogP contribution in [0.4, 0.5) is 0 Å². The van der Waals surface area contributed by atoms with Gasteiger partial charge in [-0.2, -0.15) is 0 Å². The first-order valence-electron chi connectivity index (χ1n) is 3.02. The maximum atomic E-state index is 8.37. The Balaban J connectivity index is 2.37. The van der Waals surface area contributed by atoms with Crippen LogP contribution in [0, 0.1) is 0 Å². The molecule has 0 atom stereocenters. The van der Waals surface area contributed by atoms with Crippen molar-refractivity contribution in [2.75, 3.05) is 0 Å². The van der Waals surface area contributed by atoms with Crippen LogP contribution in [0.2, 0.25) is 0 Å². The fourth-order valence-corrected chi connectivity index (χ4v) is 0.940. The molecule has 46 valence electrons. The van der Waals surface area contributed by atoms with E-state index in [1.54, 1.807) is 0 Å². The second-order valence-corrected chi connectivity index (χ2v) is 2.09. The molecule has 0 heterocycles. The van der Waals surface area contributed by atoms with Crippen LogP contribution < -0.4 is 5.48 Å².